The molecule has 5 heteroatoms. The lowest BCUT2D eigenvalue weighted by atomic mass is 9.93. The zero-order valence-electron chi connectivity index (χ0n) is 10.1. The van der Waals surface area contributed by atoms with Crippen LogP contribution in [0.5, 0.6) is 0 Å². The second kappa shape index (κ2) is 5.97. The minimum absolute atomic E-state index is 0.103. The highest BCUT2D eigenvalue weighted by atomic mass is 79.9. The first-order valence-electron chi connectivity index (χ1n) is 5.69. The SMILES string of the molecule is CC(c1ccncc1)C(Cl)c1c(F)cc(Br)cc1F. The molecule has 1 nitrogen and oxygen atoms in total. The Kier molecular flexibility index (Phi) is 4.53. The minimum atomic E-state index is -0.782. The Labute approximate surface area is 123 Å². The Morgan fingerprint density at radius 1 is 1.16 bits per heavy atom. The molecular formula is C14H11BrClF2N. The van der Waals surface area contributed by atoms with Crippen LogP contribution in [0.4, 0.5) is 8.78 Å². The van der Waals surface area contributed by atoms with Crippen LogP contribution in [0.2, 0.25) is 0 Å². The number of hydrogen-bond donors (Lipinski definition) is 0. The van der Waals surface area contributed by atoms with Crippen LogP contribution in [0.3, 0.4) is 0 Å². The quantitative estimate of drug-likeness (QED) is 0.696. The Bertz CT molecular complexity index is 554. The molecule has 0 amide bonds. The highest BCUT2D eigenvalue weighted by Crippen LogP contribution is 2.39. The third kappa shape index (κ3) is 3.12. The zero-order chi connectivity index (χ0) is 14.0. The molecule has 0 saturated heterocycles. The van der Waals surface area contributed by atoms with E-state index in [-0.39, 0.29) is 11.5 Å². The van der Waals surface area contributed by atoms with Gasteiger partial charge in [-0.2, -0.15) is 0 Å². The third-order valence-electron chi connectivity index (χ3n) is 2.99. The molecule has 19 heavy (non-hydrogen) atoms. The summed E-state index contributed by atoms with van der Waals surface area (Å²) in [5.41, 5.74) is 0.783. The number of hydrogen-bond acceptors (Lipinski definition) is 1. The van der Waals surface area contributed by atoms with Crippen molar-refractivity contribution in [3.05, 3.63) is 63.9 Å². The highest BCUT2D eigenvalue weighted by Gasteiger charge is 2.25. The van der Waals surface area contributed by atoms with Gasteiger partial charge in [-0.3, -0.25) is 4.98 Å². The number of halogens is 4. The lowest BCUT2D eigenvalue weighted by Crippen LogP contribution is -2.07. The fraction of sp³-hybridized carbons (Fsp3) is 0.214. The monoisotopic (exact) mass is 345 g/mol. The van der Waals surface area contributed by atoms with Gasteiger partial charge in [0.25, 0.3) is 0 Å². The van der Waals surface area contributed by atoms with Gasteiger partial charge in [-0.05, 0) is 29.8 Å². The van der Waals surface area contributed by atoms with Crippen LogP contribution < -0.4 is 0 Å². The average molecular weight is 347 g/mol. The number of rotatable bonds is 3. The van der Waals surface area contributed by atoms with Crippen molar-refractivity contribution < 1.29 is 8.78 Å². The predicted molar refractivity (Wildman–Crippen MR) is 75.3 cm³/mol. The largest absolute Gasteiger partial charge is 0.265 e. The second-order valence-electron chi connectivity index (χ2n) is 4.25. The van der Waals surface area contributed by atoms with Crippen molar-refractivity contribution in [2.24, 2.45) is 0 Å². The van der Waals surface area contributed by atoms with Gasteiger partial charge in [0.2, 0.25) is 0 Å². The summed E-state index contributed by atoms with van der Waals surface area (Å²) in [6.45, 7) is 1.83. The molecule has 0 bridgehead atoms. The molecule has 0 N–H and O–H groups in total. The van der Waals surface area contributed by atoms with Crippen molar-refractivity contribution in [2.75, 3.05) is 0 Å². The van der Waals surface area contributed by atoms with Gasteiger partial charge in [-0.15, -0.1) is 11.6 Å². The summed E-state index contributed by atoms with van der Waals surface area (Å²) in [6.07, 6.45) is 3.26. The van der Waals surface area contributed by atoms with E-state index in [2.05, 4.69) is 20.9 Å². The number of alkyl halides is 1. The van der Waals surface area contributed by atoms with Gasteiger partial charge in [-0.1, -0.05) is 22.9 Å². The summed E-state index contributed by atoms with van der Waals surface area (Å²) in [7, 11) is 0. The highest BCUT2D eigenvalue weighted by molar-refractivity contribution is 9.10. The Morgan fingerprint density at radius 2 is 1.68 bits per heavy atom. The molecule has 0 radical (unpaired) electrons. The molecule has 2 rings (SSSR count). The molecule has 2 atom stereocenters. The Balaban J connectivity index is 2.37. The fourth-order valence-corrected chi connectivity index (χ4v) is 2.66. The average Bonchev–Trinajstić information content (AvgIpc) is 2.37. The van der Waals surface area contributed by atoms with E-state index in [4.69, 9.17) is 11.6 Å². The van der Waals surface area contributed by atoms with Crippen LogP contribution in [0.15, 0.2) is 41.1 Å². The second-order valence-corrected chi connectivity index (χ2v) is 5.64. The summed E-state index contributed by atoms with van der Waals surface area (Å²) < 4.78 is 28.1. The number of aromatic nitrogens is 1. The van der Waals surface area contributed by atoms with Crippen molar-refractivity contribution in [1.29, 1.82) is 0 Å². The van der Waals surface area contributed by atoms with Crippen LogP contribution in [0.1, 0.15) is 29.3 Å². The standard InChI is InChI=1S/C14H11BrClF2N/c1-8(9-2-4-19-5-3-9)14(16)13-11(17)6-10(15)7-12(13)18/h2-8,14H,1H3. The van der Waals surface area contributed by atoms with E-state index in [0.717, 1.165) is 5.56 Å². The molecule has 1 heterocycles. The summed E-state index contributed by atoms with van der Waals surface area (Å²) in [5, 5.41) is -0.782. The molecule has 100 valence electrons. The van der Waals surface area contributed by atoms with Crippen molar-refractivity contribution in [2.45, 2.75) is 18.2 Å². The van der Waals surface area contributed by atoms with Gasteiger partial charge >= 0.3 is 0 Å². The normalized spacial score (nSPS) is 14.2. The van der Waals surface area contributed by atoms with Crippen LogP contribution in [0.25, 0.3) is 0 Å². The van der Waals surface area contributed by atoms with Crippen LogP contribution in [-0.2, 0) is 0 Å². The van der Waals surface area contributed by atoms with E-state index in [1.54, 1.807) is 24.5 Å². The molecule has 2 aromatic rings. The van der Waals surface area contributed by atoms with Crippen molar-refractivity contribution in [3.63, 3.8) is 0 Å². The Hall–Kier alpha value is -1.00. The summed E-state index contributed by atoms with van der Waals surface area (Å²) in [5.74, 6) is -1.52. The van der Waals surface area contributed by atoms with Crippen molar-refractivity contribution >= 4 is 27.5 Å². The van der Waals surface area contributed by atoms with E-state index in [1.807, 2.05) is 6.92 Å². The van der Waals surface area contributed by atoms with E-state index in [1.165, 1.54) is 12.1 Å². The number of pyridine rings is 1. The van der Waals surface area contributed by atoms with Crippen molar-refractivity contribution in [1.82, 2.24) is 4.98 Å². The molecule has 0 saturated carbocycles. The van der Waals surface area contributed by atoms with Crippen LogP contribution in [0, 0.1) is 11.6 Å². The number of benzene rings is 1. The maximum absolute atomic E-state index is 13.9. The fourth-order valence-electron chi connectivity index (χ4n) is 1.90. The smallest absolute Gasteiger partial charge is 0.131 e. The van der Waals surface area contributed by atoms with Gasteiger partial charge in [-0.25, -0.2) is 8.78 Å². The van der Waals surface area contributed by atoms with Crippen LogP contribution in [-0.4, -0.2) is 4.98 Å². The van der Waals surface area contributed by atoms with E-state index in [0.29, 0.717) is 4.47 Å². The van der Waals surface area contributed by atoms with Gasteiger partial charge in [0.15, 0.2) is 0 Å². The molecular weight excluding hydrogens is 336 g/mol. The van der Waals surface area contributed by atoms with Crippen molar-refractivity contribution in [3.8, 4) is 0 Å². The van der Waals surface area contributed by atoms with Gasteiger partial charge in [0, 0.05) is 28.3 Å². The van der Waals surface area contributed by atoms with E-state index >= 15 is 0 Å². The maximum Gasteiger partial charge on any atom is 0.131 e. The molecule has 2 unspecified atom stereocenters. The number of nitrogens with zero attached hydrogens (tertiary/aromatic N) is 1. The molecule has 0 aliphatic heterocycles. The summed E-state index contributed by atoms with van der Waals surface area (Å²) in [6, 6.07) is 6.00. The van der Waals surface area contributed by atoms with E-state index in [9.17, 15) is 8.78 Å². The van der Waals surface area contributed by atoms with Crippen LogP contribution >= 0.6 is 27.5 Å². The Morgan fingerprint density at radius 3 is 2.21 bits per heavy atom. The molecule has 0 fully saturated rings. The zero-order valence-corrected chi connectivity index (χ0v) is 12.4. The van der Waals surface area contributed by atoms with Gasteiger partial charge in [0.1, 0.15) is 11.6 Å². The summed E-state index contributed by atoms with van der Waals surface area (Å²) >= 11 is 9.29. The minimum Gasteiger partial charge on any atom is -0.265 e. The predicted octanol–water partition coefficient (Wildman–Crippen LogP) is 5.21. The molecule has 0 spiro atoms. The lowest BCUT2D eigenvalue weighted by molar-refractivity contribution is 0.536. The van der Waals surface area contributed by atoms with Gasteiger partial charge in [0.05, 0.1) is 5.38 Å². The first kappa shape index (κ1) is 14.4. The molecule has 1 aromatic heterocycles. The third-order valence-corrected chi connectivity index (χ3v) is 4.04. The van der Waals surface area contributed by atoms with Gasteiger partial charge < -0.3 is 0 Å². The molecule has 1 aromatic carbocycles. The molecule has 0 aliphatic rings. The first-order valence-corrected chi connectivity index (χ1v) is 6.92. The lowest BCUT2D eigenvalue weighted by Gasteiger charge is -2.20. The summed E-state index contributed by atoms with van der Waals surface area (Å²) in [4.78, 5) is 3.91. The first-order chi connectivity index (χ1) is 9.00. The van der Waals surface area contributed by atoms with E-state index < -0.39 is 17.0 Å². The maximum atomic E-state index is 13.9. The topological polar surface area (TPSA) is 12.9 Å². The molecule has 0 aliphatic carbocycles.